The predicted molar refractivity (Wildman–Crippen MR) is 69.8 cm³/mol. The van der Waals surface area contributed by atoms with Gasteiger partial charge in [0.2, 0.25) is 5.88 Å². The van der Waals surface area contributed by atoms with Crippen molar-refractivity contribution in [1.82, 2.24) is 9.97 Å². The summed E-state index contributed by atoms with van der Waals surface area (Å²) in [6.45, 7) is 2.62. The van der Waals surface area contributed by atoms with E-state index in [4.69, 9.17) is 16.3 Å². The molecule has 0 aliphatic heterocycles. The van der Waals surface area contributed by atoms with Crippen LogP contribution < -0.4 is 4.74 Å². The van der Waals surface area contributed by atoms with E-state index in [2.05, 4.69) is 9.97 Å². The van der Waals surface area contributed by atoms with E-state index in [1.807, 2.05) is 30.6 Å². The highest BCUT2D eigenvalue weighted by Gasteiger charge is 2.02. The molecule has 90 valence electrons. The zero-order valence-electron chi connectivity index (χ0n) is 9.52. The summed E-state index contributed by atoms with van der Waals surface area (Å²) >= 11 is 7.37. The first-order chi connectivity index (χ1) is 8.29. The summed E-state index contributed by atoms with van der Waals surface area (Å²) in [6, 6.07) is 5.63. The molecule has 2 heterocycles. The van der Waals surface area contributed by atoms with Crippen LogP contribution >= 0.6 is 22.9 Å². The standard InChI is InChI=1S/C12H13ClN2OS/c1-9-11(17-8-14-9)5-6-16-12-4-2-3-10(7-13)15-12/h2-4,8H,5-7H2,1H3. The summed E-state index contributed by atoms with van der Waals surface area (Å²) in [7, 11) is 0. The molecule has 0 saturated heterocycles. The maximum Gasteiger partial charge on any atom is 0.213 e. The number of alkyl halides is 1. The van der Waals surface area contributed by atoms with Gasteiger partial charge in [0.15, 0.2) is 0 Å². The number of aryl methyl sites for hydroxylation is 1. The van der Waals surface area contributed by atoms with Gasteiger partial charge in [0.1, 0.15) is 0 Å². The fourth-order valence-corrected chi connectivity index (χ4v) is 2.34. The number of hydrogen-bond acceptors (Lipinski definition) is 4. The Morgan fingerprint density at radius 2 is 2.29 bits per heavy atom. The number of thiazole rings is 1. The summed E-state index contributed by atoms with van der Waals surface area (Å²) in [5.41, 5.74) is 3.77. The highest BCUT2D eigenvalue weighted by atomic mass is 35.5. The Hall–Kier alpha value is -1.13. The Kier molecular flexibility index (Phi) is 4.34. The van der Waals surface area contributed by atoms with Crippen LogP contribution in [-0.2, 0) is 12.3 Å². The van der Waals surface area contributed by atoms with E-state index in [1.54, 1.807) is 11.3 Å². The molecular formula is C12H13ClN2OS. The Balaban J connectivity index is 1.87. The number of pyridine rings is 1. The monoisotopic (exact) mass is 268 g/mol. The van der Waals surface area contributed by atoms with Crippen LogP contribution in [0.3, 0.4) is 0 Å². The second-order valence-electron chi connectivity index (χ2n) is 3.56. The Morgan fingerprint density at radius 3 is 3.00 bits per heavy atom. The van der Waals surface area contributed by atoms with Gasteiger partial charge < -0.3 is 4.74 Å². The van der Waals surface area contributed by atoms with Crippen molar-refractivity contribution in [2.45, 2.75) is 19.2 Å². The average molecular weight is 269 g/mol. The summed E-state index contributed by atoms with van der Waals surface area (Å²) < 4.78 is 5.59. The first kappa shape index (κ1) is 12.3. The summed E-state index contributed by atoms with van der Waals surface area (Å²) in [6.07, 6.45) is 0.864. The van der Waals surface area contributed by atoms with Crippen LogP contribution in [-0.4, -0.2) is 16.6 Å². The lowest BCUT2D eigenvalue weighted by Crippen LogP contribution is -2.03. The molecule has 0 aromatic carbocycles. The molecule has 3 nitrogen and oxygen atoms in total. The molecule has 5 heteroatoms. The minimum absolute atomic E-state index is 0.408. The number of ether oxygens (including phenoxy) is 1. The van der Waals surface area contributed by atoms with Crippen molar-refractivity contribution in [3.63, 3.8) is 0 Å². The van der Waals surface area contributed by atoms with Gasteiger partial charge in [0.05, 0.1) is 29.4 Å². The molecule has 0 N–H and O–H groups in total. The molecule has 2 aromatic heterocycles. The highest BCUT2D eigenvalue weighted by Crippen LogP contribution is 2.14. The van der Waals surface area contributed by atoms with E-state index in [0.717, 1.165) is 17.8 Å². The van der Waals surface area contributed by atoms with Crippen molar-refractivity contribution in [2.24, 2.45) is 0 Å². The van der Waals surface area contributed by atoms with E-state index in [9.17, 15) is 0 Å². The van der Waals surface area contributed by atoms with Gasteiger partial charge in [-0.05, 0) is 13.0 Å². The second-order valence-corrected chi connectivity index (χ2v) is 4.77. The van der Waals surface area contributed by atoms with Crippen LogP contribution in [0.2, 0.25) is 0 Å². The van der Waals surface area contributed by atoms with Crippen molar-refractivity contribution in [3.8, 4) is 5.88 Å². The summed E-state index contributed by atoms with van der Waals surface area (Å²) in [5.74, 6) is 1.04. The van der Waals surface area contributed by atoms with Crippen molar-refractivity contribution in [1.29, 1.82) is 0 Å². The lowest BCUT2D eigenvalue weighted by Gasteiger charge is -2.05. The van der Waals surface area contributed by atoms with Gasteiger partial charge in [-0.2, -0.15) is 0 Å². The van der Waals surface area contributed by atoms with Crippen molar-refractivity contribution in [2.75, 3.05) is 6.61 Å². The molecule has 0 saturated carbocycles. The largest absolute Gasteiger partial charge is 0.477 e. The zero-order chi connectivity index (χ0) is 12.1. The molecule has 2 rings (SSSR count). The lowest BCUT2D eigenvalue weighted by molar-refractivity contribution is 0.309. The third-order valence-electron chi connectivity index (χ3n) is 2.34. The fraction of sp³-hybridized carbons (Fsp3) is 0.333. The first-order valence-electron chi connectivity index (χ1n) is 5.33. The van der Waals surface area contributed by atoms with Crippen LogP contribution in [0.4, 0.5) is 0 Å². The maximum atomic E-state index is 5.71. The van der Waals surface area contributed by atoms with Crippen LogP contribution in [0.1, 0.15) is 16.3 Å². The molecule has 2 aromatic rings. The van der Waals surface area contributed by atoms with Crippen molar-refractivity contribution in [3.05, 3.63) is 40.0 Å². The molecular weight excluding hydrogens is 256 g/mol. The highest BCUT2D eigenvalue weighted by molar-refractivity contribution is 7.09. The molecule has 0 fully saturated rings. The molecule has 0 aliphatic rings. The number of aromatic nitrogens is 2. The molecule has 0 atom stereocenters. The second kappa shape index (κ2) is 5.98. The van der Waals surface area contributed by atoms with Crippen LogP contribution in [0.15, 0.2) is 23.7 Å². The van der Waals surface area contributed by atoms with Gasteiger partial charge in [0, 0.05) is 17.4 Å². The average Bonchev–Trinajstić information content (AvgIpc) is 2.76. The van der Waals surface area contributed by atoms with Gasteiger partial charge in [-0.25, -0.2) is 9.97 Å². The van der Waals surface area contributed by atoms with Gasteiger partial charge in [-0.3, -0.25) is 0 Å². The molecule has 0 spiro atoms. The smallest absolute Gasteiger partial charge is 0.213 e. The van der Waals surface area contributed by atoms with Crippen LogP contribution in [0, 0.1) is 6.92 Å². The van der Waals surface area contributed by atoms with Gasteiger partial charge >= 0.3 is 0 Å². The third-order valence-corrected chi connectivity index (χ3v) is 3.61. The molecule has 0 bridgehead atoms. The molecule has 0 unspecified atom stereocenters. The number of rotatable bonds is 5. The Morgan fingerprint density at radius 1 is 1.41 bits per heavy atom. The fourth-order valence-electron chi connectivity index (χ4n) is 1.43. The number of hydrogen-bond donors (Lipinski definition) is 0. The van der Waals surface area contributed by atoms with E-state index in [0.29, 0.717) is 18.4 Å². The molecule has 17 heavy (non-hydrogen) atoms. The predicted octanol–water partition coefficient (Wildman–Crippen LogP) is 3.21. The van der Waals surface area contributed by atoms with E-state index >= 15 is 0 Å². The van der Waals surface area contributed by atoms with E-state index in [-0.39, 0.29) is 0 Å². The third kappa shape index (κ3) is 3.41. The maximum absolute atomic E-state index is 5.71. The molecule has 0 amide bonds. The summed E-state index contributed by atoms with van der Waals surface area (Å²) in [4.78, 5) is 9.73. The van der Waals surface area contributed by atoms with Gasteiger partial charge in [-0.1, -0.05) is 6.07 Å². The molecule has 0 aliphatic carbocycles. The SMILES string of the molecule is Cc1ncsc1CCOc1cccc(CCl)n1. The zero-order valence-corrected chi connectivity index (χ0v) is 11.1. The first-order valence-corrected chi connectivity index (χ1v) is 6.74. The normalized spacial score (nSPS) is 10.5. The van der Waals surface area contributed by atoms with E-state index < -0.39 is 0 Å². The number of nitrogens with zero attached hydrogens (tertiary/aromatic N) is 2. The topological polar surface area (TPSA) is 35.0 Å². The molecule has 0 radical (unpaired) electrons. The minimum Gasteiger partial charge on any atom is -0.477 e. The van der Waals surface area contributed by atoms with Gasteiger partial charge in [0.25, 0.3) is 0 Å². The Bertz CT molecular complexity index is 487. The Labute approximate surface area is 109 Å². The lowest BCUT2D eigenvalue weighted by atomic mass is 10.3. The quantitative estimate of drug-likeness (QED) is 0.781. The van der Waals surface area contributed by atoms with Crippen LogP contribution in [0.25, 0.3) is 0 Å². The van der Waals surface area contributed by atoms with Gasteiger partial charge in [-0.15, -0.1) is 22.9 Å². The van der Waals surface area contributed by atoms with Crippen molar-refractivity contribution >= 4 is 22.9 Å². The minimum atomic E-state index is 0.408. The number of halogens is 1. The van der Waals surface area contributed by atoms with Crippen molar-refractivity contribution < 1.29 is 4.74 Å². The summed E-state index contributed by atoms with van der Waals surface area (Å²) in [5, 5.41) is 0. The van der Waals surface area contributed by atoms with E-state index in [1.165, 1.54) is 4.88 Å². The van der Waals surface area contributed by atoms with Crippen LogP contribution in [0.5, 0.6) is 5.88 Å².